The van der Waals surface area contributed by atoms with E-state index in [0.29, 0.717) is 18.1 Å². The van der Waals surface area contributed by atoms with Crippen molar-refractivity contribution < 1.29 is 14.3 Å². The van der Waals surface area contributed by atoms with Crippen LogP contribution in [0.1, 0.15) is 17.5 Å². The van der Waals surface area contributed by atoms with Gasteiger partial charge in [0.1, 0.15) is 0 Å². The second-order valence-corrected chi connectivity index (χ2v) is 6.20. The minimum absolute atomic E-state index is 0.0262. The number of carbonyl (C=O) groups is 2. The lowest BCUT2D eigenvalue weighted by molar-refractivity contribution is -0.122. The SMILES string of the molecule is COc1ccc(NC(=O)[C@H]2CC(=O)N(c3cccc(C)c3C)C2)cn1. The number of rotatable bonds is 4. The number of amides is 2. The molecule has 0 saturated carbocycles. The van der Waals surface area contributed by atoms with Crippen molar-refractivity contribution in [2.24, 2.45) is 5.92 Å². The molecule has 6 heteroatoms. The van der Waals surface area contributed by atoms with Crippen molar-refractivity contribution in [3.05, 3.63) is 47.7 Å². The summed E-state index contributed by atoms with van der Waals surface area (Å²) in [6.45, 7) is 4.40. The van der Waals surface area contributed by atoms with Crippen LogP contribution >= 0.6 is 0 Å². The van der Waals surface area contributed by atoms with Crippen LogP contribution in [0.15, 0.2) is 36.5 Å². The van der Waals surface area contributed by atoms with E-state index < -0.39 is 0 Å². The number of ether oxygens (including phenoxy) is 1. The minimum Gasteiger partial charge on any atom is -0.481 e. The number of carbonyl (C=O) groups excluding carboxylic acids is 2. The summed E-state index contributed by atoms with van der Waals surface area (Å²) in [4.78, 5) is 30.7. The highest BCUT2D eigenvalue weighted by Crippen LogP contribution is 2.30. The minimum atomic E-state index is -0.380. The number of aryl methyl sites for hydroxylation is 1. The summed E-state index contributed by atoms with van der Waals surface area (Å²) in [5.74, 6) is -0.0977. The highest BCUT2D eigenvalue weighted by Gasteiger charge is 2.35. The zero-order valence-electron chi connectivity index (χ0n) is 14.6. The van der Waals surface area contributed by atoms with E-state index in [0.717, 1.165) is 16.8 Å². The van der Waals surface area contributed by atoms with Gasteiger partial charge in [0.25, 0.3) is 0 Å². The molecule has 1 aliphatic rings. The summed E-state index contributed by atoms with van der Waals surface area (Å²) in [7, 11) is 1.53. The molecule has 1 fully saturated rings. The molecule has 2 aromatic rings. The van der Waals surface area contributed by atoms with Crippen LogP contribution in [-0.4, -0.2) is 30.5 Å². The third-order valence-electron chi connectivity index (χ3n) is 4.58. The molecule has 3 rings (SSSR count). The fourth-order valence-corrected chi connectivity index (χ4v) is 2.96. The van der Waals surface area contributed by atoms with Gasteiger partial charge in [-0.3, -0.25) is 9.59 Å². The first kappa shape index (κ1) is 17.0. The van der Waals surface area contributed by atoms with Gasteiger partial charge in [0.2, 0.25) is 17.7 Å². The number of anilines is 2. The molecule has 130 valence electrons. The highest BCUT2D eigenvalue weighted by molar-refractivity contribution is 6.03. The predicted molar refractivity (Wildman–Crippen MR) is 95.8 cm³/mol. The Morgan fingerprint density at radius 2 is 2.08 bits per heavy atom. The Balaban J connectivity index is 1.71. The van der Waals surface area contributed by atoms with Gasteiger partial charge in [-0.1, -0.05) is 12.1 Å². The molecule has 0 aliphatic carbocycles. The van der Waals surface area contributed by atoms with E-state index in [1.165, 1.54) is 13.3 Å². The van der Waals surface area contributed by atoms with Crippen LogP contribution in [0.25, 0.3) is 0 Å². The van der Waals surface area contributed by atoms with Crippen LogP contribution in [0.4, 0.5) is 11.4 Å². The van der Waals surface area contributed by atoms with Crippen LogP contribution in [-0.2, 0) is 9.59 Å². The van der Waals surface area contributed by atoms with Crippen LogP contribution in [0, 0.1) is 19.8 Å². The fourth-order valence-electron chi connectivity index (χ4n) is 2.96. The van der Waals surface area contributed by atoms with Crippen molar-refractivity contribution >= 4 is 23.2 Å². The molecule has 2 heterocycles. The molecule has 0 spiro atoms. The van der Waals surface area contributed by atoms with Gasteiger partial charge in [-0.15, -0.1) is 0 Å². The van der Waals surface area contributed by atoms with Crippen LogP contribution in [0.3, 0.4) is 0 Å². The molecule has 25 heavy (non-hydrogen) atoms. The quantitative estimate of drug-likeness (QED) is 0.930. The Labute approximate surface area is 146 Å². The van der Waals surface area contributed by atoms with Crippen LogP contribution in [0.5, 0.6) is 5.88 Å². The van der Waals surface area contributed by atoms with E-state index in [2.05, 4.69) is 10.3 Å². The standard InChI is InChI=1S/C19H21N3O3/c1-12-5-4-6-16(13(12)2)22-11-14(9-18(22)23)19(24)21-15-7-8-17(25-3)20-10-15/h4-8,10,14H,9,11H2,1-3H3,(H,21,24)/t14-/m0/s1. The van der Waals surface area contributed by atoms with Crippen LogP contribution < -0.4 is 15.0 Å². The molecule has 0 bridgehead atoms. The molecular weight excluding hydrogens is 318 g/mol. The summed E-state index contributed by atoms with van der Waals surface area (Å²) in [5.41, 5.74) is 3.66. The average Bonchev–Trinajstić information content (AvgIpc) is 3.00. The topological polar surface area (TPSA) is 71.5 Å². The monoisotopic (exact) mass is 339 g/mol. The third kappa shape index (κ3) is 3.47. The van der Waals surface area contributed by atoms with Gasteiger partial charge in [-0.25, -0.2) is 4.98 Å². The molecular formula is C19H21N3O3. The summed E-state index contributed by atoms with van der Waals surface area (Å²) in [5, 5.41) is 2.82. The second kappa shape index (κ2) is 6.93. The zero-order chi connectivity index (χ0) is 18.0. The van der Waals surface area contributed by atoms with Crippen molar-refractivity contribution in [1.82, 2.24) is 4.98 Å². The molecule has 6 nitrogen and oxygen atoms in total. The highest BCUT2D eigenvalue weighted by atomic mass is 16.5. The Kier molecular flexibility index (Phi) is 4.70. The van der Waals surface area contributed by atoms with Crippen molar-refractivity contribution in [2.75, 3.05) is 23.9 Å². The van der Waals surface area contributed by atoms with E-state index in [9.17, 15) is 9.59 Å². The zero-order valence-corrected chi connectivity index (χ0v) is 14.6. The first-order valence-electron chi connectivity index (χ1n) is 8.17. The smallest absolute Gasteiger partial charge is 0.229 e. The summed E-state index contributed by atoms with van der Waals surface area (Å²) >= 11 is 0. The average molecular weight is 339 g/mol. The lowest BCUT2D eigenvalue weighted by Crippen LogP contribution is -2.28. The molecule has 1 atom stereocenters. The number of hydrogen-bond donors (Lipinski definition) is 1. The number of pyridine rings is 1. The van der Waals surface area contributed by atoms with Gasteiger partial charge in [0.15, 0.2) is 0 Å². The lowest BCUT2D eigenvalue weighted by atomic mass is 10.1. The van der Waals surface area contributed by atoms with Gasteiger partial charge in [-0.2, -0.15) is 0 Å². The largest absolute Gasteiger partial charge is 0.481 e. The second-order valence-electron chi connectivity index (χ2n) is 6.20. The van der Waals surface area contributed by atoms with Gasteiger partial charge >= 0.3 is 0 Å². The first-order chi connectivity index (χ1) is 12.0. The van der Waals surface area contributed by atoms with Crippen molar-refractivity contribution in [3.8, 4) is 5.88 Å². The normalized spacial score (nSPS) is 16.8. The Morgan fingerprint density at radius 1 is 1.28 bits per heavy atom. The van der Waals surface area contributed by atoms with Crippen LogP contribution in [0.2, 0.25) is 0 Å². The number of nitrogens with one attached hydrogen (secondary N) is 1. The van der Waals surface area contributed by atoms with E-state index in [4.69, 9.17) is 4.74 Å². The number of hydrogen-bond acceptors (Lipinski definition) is 4. The Bertz CT molecular complexity index is 802. The maximum absolute atomic E-state index is 12.5. The van der Waals surface area contributed by atoms with E-state index in [-0.39, 0.29) is 24.2 Å². The van der Waals surface area contributed by atoms with Gasteiger partial charge in [0.05, 0.1) is 24.9 Å². The van der Waals surface area contributed by atoms with Gasteiger partial charge in [-0.05, 0) is 37.1 Å². The summed E-state index contributed by atoms with van der Waals surface area (Å²) in [6, 6.07) is 9.27. The molecule has 1 aromatic heterocycles. The molecule has 1 aliphatic heterocycles. The first-order valence-corrected chi connectivity index (χ1v) is 8.17. The molecule has 2 amide bonds. The van der Waals surface area contributed by atoms with Crippen molar-refractivity contribution in [1.29, 1.82) is 0 Å². The van der Waals surface area contributed by atoms with Crippen molar-refractivity contribution in [2.45, 2.75) is 20.3 Å². The number of benzene rings is 1. The lowest BCUT2D eigenvalue weighted by Gasteiger charge is -2.20. The number of nitrogens with zero attached hydrogens (tertiary/aromatic N) is 2. The molecule has 1 N–H and O–H groups in total. The Hall–Kier alpha value is -2.89. The molecule has 0 unspecified atom stereocenters. The van der Waals surface area contributed by atoms with Crippen molar-refractivity contribution in [3.63, 3.8) is 0 Å². The predicted octanol–water partition coefficient (Wildman–Crippen LogP) is 2.70. The molecule has 1 aromatic carbocycles. The molecule has 1 saturated heterocycles. The fraction of sp³-hybridized carbons (Fsp3) is 0.316. The van der Waals surface area contributed by atoms with Gasteiger partial charge in [0, 0.05) is 24.7 Å². The van der Waals surface area contributed by atoms with E-state index in [1.54, 1.807) is 17.0 Å². The maximum atomic E-state index is 12.5. The Morgan fingerprint density at radius 3 is 2.76 bits per heavy atom. The van der Waals surface area contributed by atoms with E-state index in [1.807, 2.05) is 32.0 Å². The third-order valence-corrected chi connectivity index (χ3v) is 4.58. The van der Waals surface area contributed by atoms with E-state index >= 15 is 0 Å². The summed E-state index contributed by atoms with van der Waals surface area (Å²) < 4.78 is 5.00. The maximum Gasteiger partial charge on any atom is 0.229 e. The number of methoxy groups -OCH3 is 1. The summed E-state index contributed by atoms with van der Waals surface area (Å²) in [6.07, 6.45) is 1.75. The van der Waals surface area contributed by atoms with Gasteiger partial charge < -0.3 is 15.0 Å². The number of aromatic nitrogens is 1. The molecule has 0 radical (unpaired) electrons.